The number of hydrogen-bond donors (Lipinski definition) is 0. The Kier molecular flexibility index (Phi) is 6.42. The van der Waals surface area contributed by atoms with Crippen LogP contribution in [-0.4, -0.2) is 7.11 Å². The number of benzene rings is 2. The summed E-state index contributed by atoms with van der Waals surface area (Å²) >= 11 is 0. The summed E-state index contributed by atoms with van der Waals surface area (Å²) in [6, 6.07) is 17.8. The van der Waals surface area contributed by atoms with Crippen molar-refractivity contribution in [1.82, 2.24) is 0 Å². The summed E-state index contributed by atoms with van der Waals surface area (Å²) in [4.78, 5) is 0. The van der Waals surface area contributed by atoms with Crippen LogP contribution < -0.4 is 4.74 Å². The Balaban J connectivity index is 2.13. The van der Waals surface area contributed by atoms with Crippen molar-refractivity contribution >= 4 is 5.57 Å². The molecule has 144 valence electrons. The lowest BCUT2D eigenvalue weighted by Gasteiger charge is -2.32. The van der Waals surface area contributed by atoms with E-state index in [1.54, 1.807) is 12.7 Å². The number of fused-ring (bicyclic) bond motifs is 1. The molecule has 0 spiro atoms. The van der Waals surface area contributed by atoms with E-state index in [1.807, 2.05) is 0 Å². The average molecular weight is 363 g/mol. The molecule has 0 heterocycles. The van der Waals surface area contributed by atoms with E-state index in [4.69, 9.17) is 4.74 Å². The minimum absolute atomic E-state index is 0.193. The van der Waals surface area contributed by atoms with Gasteiger partial charge in [0.2, 0.25) is 0 Å². The van der Waals surface area contributed by atoms with Crippen LogP contribution in [0, 0.1) is 0 Å². The Morgan fingerprint density at radius 3 is 2.15 bits per heavy atom. The molecule has 0 amide bonds. The Morgan fingerprint density at radius 2 is 1.52 bits per heavy atom. The fraction of sp³-hybridized carbons (Fsp3) is 0.462. The molecule has 0 aromatic heterocycles. The maximum Gasteiger partial charge on any atom is 0.118 e. The molecule has 0 saturated carbocycles. The topological polar surface area (TPSA) is 9.23 Å². The Bertz CT molecular complexity index is 778. The van der Waals surface area contributed by atoms with Gasteiger partial charge in [0.1, 0.15) is 5.75 Å². The van der Waals surface area contributed by atoms with Crippen LogP contribution in [0.2, 0.25) is 0 Å². The lowest BCUT2D eigenvalue weighted by atomic mass is 9.71. The summed E-state index contributed by atoms with van der Waals surface area (Å²) in [6.45, 7) is 7.02. The minimum Gasteiger partial charge on any atom is -0.497 e. The first kappa shape index (κ1) is 19.7. The SMILES string of the molecule is CCCCCCC1=C(c2ccc(OC)cc2)c2ccccc2C1(CC)CC. The maximum atomic E-state index is 5.39. The lowest BCUT2D eigenvalue weighted by Crippen LogP contribution is -2.25. The van der Waals surface area contributed by atoms with Crippen molar-refractivity contribution in [1.29, 1.82) is 0 Å². The van der Waals surface area contributed by atoms with E-state index in [-0.39, 0.29) is 5.41 Å². The van der Waals surface area contributed by atoms with E-state index in [1.165, 1.54) is 67.2 Å². The second-order valence-electron chi connectivity index (χ2n) is 7.73. The van der Waals surface area contributed by atoms with Gasteiger partial charge in [-0.05, 0) is 60.1 Å². The molecular weight excluding hydrogens is 328 g/mol. The molecule has 0 unspecified atom stereocenters. The average Bonchev–Trinajstić information content (AvgIpc) is 3.01. The third-order valence-electron chi connectivity index (χ3n) is 6.46. The van der Waals surface area contributed by atoms with Gasteiger partial charge < -0.3 is 4.74 Å². The van der Waals surface area contributed by atoms with Crippen LogP contribution in [0.25, 0.3) is 5.57 Å². The smallest absolute Gasteiger partial charge is 0.118 e. The molecule has 1 aliphatic rings. The predicted molar refractivity (Wildman–Crippen MR) is 116 cm³/mol. The Hall–Kier alpha value is -2.02. The molecule has 0 N–H and O–H groups in total. The van der Waals surface area contributed by atoms with Gasteiger partial charge in [0.05, 0.1) is 7.11 Å². The molecule has 1 aliphatic carbocycles. The zero-order chi connectivity index (χ0) is 19.3. The molecular formula is C26H34O. The van der Waals surface area contributed by atoms with Crippen LogP contribution in [0.15, 0.2) is 54.1 Å². The van der Waals surface area contributed by atoms with Gasteiger partial charge in [-0.2, -0.15) is 0 Å². The monoisotopic (exact) mass is 362 g/mol. The first-order valence-corrected chi connectivity index (χ1v) is 10.7. The molecule has 0 aliphatic heterocycles. The van der Waals surface area contributed by atoms with Crippen molar-refractivity contribution < 1.29 is 4.74 Å². The third-order valence-corrected chi connectivity index (χ3v) is 6.46. The quantitative estimate of drug-likeness (QED) is 0.419. The summed E-state index contributed by atoms with van der Waals surface area (Å²) in [5.41, 5.74) is 7.64. The number of methoxy groups -OCH3 is 1. The number of allylic oxidation sites excluding steroid dienone is 1. The molecule has 0 bridgehead atoms. The molecule has 2 aromatic carbocycles. The zero-order valence-corrected chi connectivity index (χ0v) is 17.5. The van der Waals surface area contributed by atoms with Crippen molar-refractivity contribution in [3.63, 3.8) is 0 Å². The summed E-state index contributed by atoms with van der Waals surface area (Å²) < 4.78 is 5.39. The second kappa shape index (κ2) is 8.78. The first-order chi connectivity index (χ1) is 13.2. The second-order valence-corrected chi connectivity index (χ2v) is 7.73. The molecule has 1 nitrogen and oxygen atoms in total. The number of hydrogen-bond acceptors (Lipinski definition) is 1. The van der Waals surface area contributed by atoms with E-state index in [0.717, 1.165) is 5.75 Å². The highest BCUT2D eigenvalue weighted by atomic mass is 16.5. The van der Waals surface area contributed by atoms with Gasteiger partial charge >= 0.3 is 0 Å². The first-order valence-electron chi connectivity index (χ1n) is 10.7. The molecule has 1 heteroatoms. The molecule has 2 aromatic rings. The van der Waals surface area contributed by atoms with Gasteiger partial charge in [-0.1, -0.05) is 82.0 Å². The summed E-state index contributed by atoms with van der Waals surface area (Å²) in [5.74, 6) is 0.923. The van der Waals surface area contributed by atoms with Gasteiger partial charge in [-0.3, -0.25) is 0 Å². The fourth-order valence-corrected chi connectivity index (χ4v) is 4.92. The fourth-order valence-electron chi connectivity index (χ4n) is 4.92. The Labute approximate surface area is 165 Å². The summed E-state index contributed by atoms with van der Waals surface area (Å²) in [7, 11) is 1.73. The van der Waals surface area contributed by atoms with Crippen LogP contribution in [-0.2, 0) is 5.41 Å². The van der Waals surface area contributed by atoms with Crippen molar-refractivity contribution in [3.8, 4) is 5.75 Å². The Morgan fingerprint density at radius 1 is 0.815 bits per heavy atom. The summed E-state index contributed by atoms with van der Waals surface area (Å²) in [5, 5.41) is 0. The van der Waals surface area contributed by atoms with Crippen LogP contribution in [0.1, 0.15) is 82.4 Å². The van der Waals surface area contributed by atoms with Crippen molar-refractivity contribution in [2.75, 3.05) is 7.11 Å². The van der Waals surface area contributed by atoms with Gasteiger partial charge in [0.15, 0.2) is 0 Å². The summed E-state index contributed by atoms with van der Waals surface area (Å²) in [6.07, 6.45) is 8.79. The molecule has 27 heavy (non-hydrogen) atoms. The largest absolute Gasteiger partial charge is 0.497 e. The lowest BCUT2D eigenvalue weighted by molar-refractivity contribution is 0.415. The van der Waals surface area contributed by atoms with Crippen LogP contribution in [0.3, 0.4) is 0 Å². The normalized spacial score (nSPS) is 15.1. The van der Waals surface area contributed by atoms with Crippen molar-refractivity contribution in [3.05, 3.63) is 70.8 Å². The number of rotatable bonds is 9. The van der Waals surface area contributed by atoms with Crippen molar-refractivity contribution in [2.24, 2.45) is 0 Å². The molecule has 0 atom stereocenters. The highest BCUT2D eigenvalue weighted by molar-refractivity contribution is 5.90. The minimum atomic E-state index is 0.193. The van der Waals surface area contributed by atoms with Crippen LogP contribution in [0.4, 0.5) is 0 Å². The van der Waals surface area contributed by atoms with E-state index < -0.39 is 0 Å². The van der Waals surface area contributed by atoms with E-state index in [2.05, 4.69) is 69.3 Å². The molecule has 3 rings (SSSR count). The van der Waals surface area contributed by atoms with Crippen LogP contribution >= 0.6 is 0 Å². The van der Waals surface area contributed by atoms with E-state index >= 15 is 0 Å². The number of ether oxygens (including phenoxy) is 1. The van der Waals surface area contributed by atoms with Crippen LogP contribution in [0.5, 0.6) is 5.75 Å². The van der Waals surface area contributed by atoms with Gasteiger partial charge in [-0.25, -0.2) is 0 Å². The third kappa shape index (κ3) is 3.57. The number of unbranched alkanes of at least 4 members (excludes halogenated alkanes) is 3. The zero-order valence-electron chi connectivity index (χ0n) is 17.5. The molecule has 0 fully saturated rings. The highest BCUT2D eigenvalue weighted by Gasteiger charge is 2.41. The predicted octanol–water partition coefficient (Wildman–Crippen LogP) is 7.54. The van der Waals surface area contributed by atoms with Crippen molar-refractivity contribution in [2.45, 2.75) is 71.1 Å². The van der Waals surface area contributed by atoms with Gasteiger partial charge in [0.25, 0.3) is 0 Å². The van der Waals surface area contributed by atoms with E-state index in [0.29, 0.717) is 0 Å². The standard InChI is InChI=1S/C26H34O/c1-5-8-9-10-15-24-25(20-16-18-21(27-4)19-17-20)22-13-11-12-14-23(22)26(24,6-2)7-3/h11-14,16-19H,5-10,15H2,1-4H3. The molecule has 0 saturated heterocycles. The highest BCUT2D eigenvalue weighted by Crippen LogP contribution is 2.54. The van der Waals surface area contributed by atoms with Gasteiger partial charge in [-0.15, -0.1) is 0 Å². The maximum absolute atomic E-state index is 5.39. The van der Waals surface area contributed by atoms with E-state index in [9.17, 15) is 0 Å². The molecule has 0 radical (unpaired) electrons. The van der Waals surface area contributed by atoms with Gasteiger partial charge in [0, 0.05) is 5.41 Å².